The van der Waals surface area contributed by atoms with E-state index in [1.807, 2.05) is 11.6 Å². The summed E-state index contributed by atoms with van der Waals surface area (Å²) < 4.78 is 27.3. The maximum atomic E-state index is 11.9. The summed E-state index contributed by atoms with van der Waals surface area (Å²) in [7, 11) is -3.82. The first-order valence-corrected chi connectivity index (χ1v) is 6.53. The summed E-state index contributed by atoms with van der Waals surface area (Å²) in [6, 6.07) is 0. The van der Waals surface area contributed by atoms with Gasteiger partial charge >= 0.3 is 5.97 Å². The smallest absolute Gasteiger partial charge is 0.318 e. The Hall–Kier alpha value is -1.41. The minimum Gasteiger partial charge on any atom is -0.480 e. The molecule has 0 radical (unpaired) electrons. The number of hydrogen-bond acceptors (Lipinski definition) is 4. The third kappa shape index (κ3) is 2.83. The molecular weight excluding hydrogens is 246 g/mol. The normalized spacial score (nSPS) is 11.7. The standard InChI is InChI=1S/C9H15N3O4S/c1-4-12-7(3)9(6(2)11-12)17(15,16)10-5-8(13)14/h10H,4-5H2,1-3H3,(H,13,14). The van der Waals surface area contributed by atoms with Gasteiger partial charge in [-0.3, -0.25) is 9.48 Å². The first-order valence-electron chi connectivity index (χ1n) is 5.05. The van der Waals surface area contributed by atoms with E-state index in [2.05, 4.69) is 5.10 Å². The molecular formula is C9H15N3O4S. The van der Waals surface area contributed by atoms with Gasteiger partial charge in [-0.25, -0.2) is 8.42 Å². The van der Waals surface area contributed by atoms with E-state index < -0.39 is 22.5 Å². The van der Waals surface area contributed by atoms with Gasteiger partial charge in [-0.1, -0.05) is 0 Å². The highest BCUT2D eigenvalue weighted by Crippen LogP contribution is 2.18. The Morgan fingerprint density at radius 1 is 1.47 bits per heavy atom. The lowest BCUT2D eigenvalue weighted by Crippen LogP contribution is -2.30. The number of rotatable bonds is 5. The van der Waals surface area contributed by atoms with Gasteiger partial charge in [0.1, 0.15) is 11.4 Å². The van der Waals surface area contributed by atoms with Crippen LogP contribution in [0.15, 0.2) is 4.90 Å². The van der Waals surface area contributed by atoms with Crippen molar-refractivity contribution < 1.29 is 18.3 Å². The first-order chi connectivity index (χ1) is 7.79. The number of aryl methyl sites for hydroxylation is 2. The molecule has 0 atom stereocenters. The molecule has 0 bridgehead atoms. The molecule has 0 aliphatic heterocycles. The van der Waals surface area contributed by atoms with Crippen molar-refractivity contribution in [2.45, 2.75) is 32.2 Å². The Bertz CT molecular complexity index is 533. The lowest BCUT2D eigenvalue weighted by atomic mass is 10.4. The fraction of sp³-hybridized carbons (Fsp3) is 0.556. The van der Waals surface area contributed by atoms with Crippen LogP contribution in [0.25, 0.3) is 0 Å². The van der Waals surface area contributed by atoms with E-state index in [0.29, 0.717) is 17.9 Å². The Labute approximate surface area is 99.5 Å². The van der Waals surface area contributed by atoms with Crippen molar-refractivity contribution in [3.8, 4) is 0 Å². The summed E-state index contributed by atoms with van der Waals surface area (Å²) in [5, 5.41) is 12.5. The minimum atomic E-state index is -3.82. The van der Waals surface area contributed by atoms with E-state index in [-0.39, 0.29) is 4.90 Å². The van der Waals surface area contributed by atoms with Crippen LogP contribution in [-0.2, 0) is 21.4 Å². The van der Waals surface area contributed by atoms with Crippen molar-refractivity contribution in [3.05, 3.63) is 11.4 Å². The Kier molecular flexibility index (Phi) is 3.89. The van der Waals surface area contributed by atoms with Gasteiger partial charge < -0.3 is 5.11 Å². The van der Waals surface area contributed by atoms with E-state index in [1.54, 1.807) is 18.5 Å². The zero-order valence-electron chi connectivity index (χ0n) is 9.89. The Morgan fingerprint density at radius 3 is 2.47 bits per heavy atom. The number of sulfonamides is 1. The molecule has 0 saturated heterocycles. The van der Waals surface area contributed by atoms with E-state index >= 15 is 0 Å². The van der Waals surface area contributed by atoms with E-state index in [0.717, 1.165) is 0 Å². The molecule has 8 heteroatoms. The molecule has 0 aliphatic rings. The van der Waals surface area contributed by atoms with Crippen molar-refractivity contribution in [2.75, 3.05) is 6.54 Å². The van der Waals surface area contributed by atoms with Crippen molar-refractivity contribution in [3.63, 3.8) is 0 Å². The van der Waals surface area contributed by atoms with Gasteiger partial charge in [0.05, 0.1) is 11.4 Å². The molecule has 0 amide bonds. The molecule has 0 aliphatic carbocycles. The van der Waals surface area contributed by atoms with Crippen LogP contribution in [0.2, 0.25) is 0 Å². The number of hydrogen-bond donors (Lipinski definition) is 2. The van der Waals surface area contributed by atoms with Gasteiger partial charge in [0.15, 0.2) is 0 Å². The number of aromatic nitrogens is 2. The second kappa shape index (κ2) is 4.84. The second-order valence-electron chi connectivity index (χ2n) is 3.53. The maximum absolute atomic E-state index is 11.9. The summed E-state index contributed by atoms with van der Waals surface area (Å²) in [5.74, 6) is -1.23. The lowest BCUT2D eigenvalue weighted by molar-refractivity contribution is -0.135. The molecule has 1 aromatic rings. The summed E-state index contributed by atoms with van der Waals surface area (Å²) in [5.41, 5.74) is 0.866. The number of carboxylic acids is 1. The Morgan fingerprint density at radius 2 is 2.06 bits per heavy atom. The summed E-state index contributed by atoms with van der Waals surface area (Å²) in [6.07, 6.45) is 0. The number of aliphatic carboxylic acids is 1. The number of carboxylic acid groups (broad SMARTS) is 1. The van der Waals surface area contributed by atoms with Gasteiger partial charge in [-0.05, 0) is 20.8 Å². The van der Waals surface area contributed by atoms with Gasteiger partial charge in [-0.15, -0.1) is 0 Å². The molecule has 0 spiro atoms. The average Bonchev–Trinajstić information content (AvgIpc) is 2.51. The first kappa shape index (κ1) is 13.7. The lowest BCUT2D eigenvalue weighted by Gasteiger charge is -2.05. The molecule has 96 valence electrons. The van der Waals surface area contributed by atoms with Crippen molar-refractivity contribution in [1.82, 2.24) is 14.5 Å². The largest absolute Gasteiger partial charge is 0.480 e. The third-order valence-electron chi connectivity index (χ3n) is 2.30. The molecule has 0 saturated carbocycles. The Balaban J connectivity index is 3.15. The summed E-state index contributed by atoms with van der Waals surface area (Å²) >= 11 is 0. The van der Waals surface area contributed by atoms with Crippen LogP contribution in [0.4, 0.5) is 0 Å². The summed E-state index contributed by atoms with van der Waals surface area (Å²) in [4.78, 5) is 10.4. The average molecular weight is 261 g/mol. The van der Waals surface area contributed by atoms with E-state index in [4.69, 9.17) is 5.11 Å². The van der Waals surface area contributed by atoms with E-state index in [1.165, 1.54) is 0 Å². The summed E-state index contributed by atoms with van der Waals surface area (Å²) in [6.45, 7) is 4.98. The molecule has 0 unspecified atom stereocenters. The molecule has 7 nitrogen and oxygen atoms in total. The predicted octanol–water partition coefficient (Wildman–Crippen LogP) is -0.117. The molecule has 1 aromatic heterocycles. The van der Waals surface area contributed by atoms with Gasteiger partial charge in [0, 0.05) is 6.54 Å². The maximum Gasteiger partial charge on any atom is 0.318 e. The zero-order chi connectivity index (χ0) is 13.2. The van der Waals surface area contributed by atoms with Crippen molar-refractivity contribution in [2.24, 2.45) is 0 Å². The molecule has 1 rings (SSSR count). The molecule has 1 heterocycles. The predicted molar refractivity (Wildman–Crippen MR) is 60.2 cm³/mol. The van der Waals surface area contributed by atoms with Gasteiger partial charge in [0.2, 0.25) is 10.0 Å². The van der Waals surface area contributed by atoms with Crippen LogP contribution in [0.1, 0.15) is 18.3 Å². The quantitative estimate of drug-likeness (QED) is 0.769. The van der Waals surface area contributed by atoms with Crippen molar-refractivity contribution in [1.29, 1.82) is 0 Å². The SMILES string of the molecule is CCn1nc(C)c(S(=O)(=O)NCC(=O)O)c1C. The van der Waals surface area contributed by atoms with Crippen LogP contribution >= 0.6 is 0 Å². The second-order valence-corrected chi connectivity index (χ2v) is 5.24. The zero-order valence-corrected chi connectivity index (χ0v) is 10.7. The van der Waals surface area contributed by atoms with Crippen molar-refractivity contribution >= 4 is 16.0 Å². The van der Waals surface area contributed by atoms with Crippen LogP contribution in [0.5, 0.6) is 0 Å². The number of nitrogens with one attached hydrogen (secondary N) is 1. The van der Waals surface area contributed by atoms with E-state index in [9.17, 15) is 13.2 Å². The topological polar surface area (TPSA) is 101 Å². The molecule has 2 N–H and O–H groups in total. The minimum absolute atomic E-state index is 0.0561. The highest BCUT2D eigenvalue weighted by molar-refractivity contribution is 7.89. The fourth-order valence-corrected chi connectivity index (χ4v) is 2.99. The fourth-order valence-electron chi connectivity index (χ4n) is 1.61. The van der Waals surface area contributed by atoms with Crippen LogP contribution < -0.4 is 4.72 Å². The highest BCUT2D eigenvalue weighted by Gasteiger charge is 2.24. The third-order valence-corrected chi connectivity index (χ3v) is 3.95. The molecule has 0 aromatic carbocycles. The van der Waals surface area contributed by atoms with Crippen LogP contribution in [0.3, 0.4) is 0 Å². The van der Waals surface area contributed by atoms with Gasteiger partial charge in [0.25, 0.3) is 0 Å². The number of nitrogens with zero attached hydrogens (tertiary/aromatic N) is 2. The van der Waals surface area contributed by atoms with Gasteiger partial charge in [-0.2, -0.15) is 9.82 Å². The monoisotopic (exact) mass is 261 g/mol. The highest BCUT2D eigenvalue weighted by atomic mass is 32.2. The van der Waals surface area contributed by atoms with Crippen LogP contribution in [-0.4, -0.2) is 35.8 Å². The molecule has 0 fully saturated rings. The number of carbonyl (C=O) groups is 1. The van der Waals surface area contributed by atoms with Crippen LogP contribution in [0, 0.1) is 13.8 Å². The molecule has 17 heavy (non-hydrogen) atoms.